The van der Waals surface area contributed by atoms with E-state index in [1.165, 1.54) is 11.1 Å². The highest BCUT2D eigenvalue weighted by Gasteiger charge is 2.29. The first-order chi connectivity index (χ1) is 11.8. The van der Waals surface area contributed by atoms with Gasteiger partial charge in [-0.15, -0.1) is 0 Å². The lowest BCUT2D eigenvalue weighted by Crippen LogP contribution is -2.45. The van der Waals surface area contributed by atoms with Crippen LogP contribution in [0.3, 0.4) is 0 Å². The van der Waals surface area contributed by atoms with Crippen molar-refractivity contribution in [3.05, 3.63) is 48.0 Å². The number of carbonyl (C=O) groups is 1. The number of hydrogen-bond acceptors (Lipinski definition) is 4. The molecule has 0 saturated carbocycles. The summed E-state index contributed by atoms with van der Waals surface area (Å²) in [6, 6.07) is 8.83. The third kappa shape index (κ3) is 3.19. The Balaban J connectivity index is 1.37. The second-order valence-corrected chi connectivity index (χ2v) is 6.72. The summed E-state index contributed by atoms with van der Waals surface area (Å²) in [6.45, 7) is 3.90. The van der Waals surface area contributed by atoms with Gasteiger partial charge in [0, 0.05) is 19.1 Å². The second kappa shape index (κ2) is 6.73. The Kier molecular flexibility index (Phi) is 4.30. The lowest BCUT2D eigenvalue weighted by Gasteiger charge is -2.31. The molecule has 0 spiro atoms. The van der Waals surface area contributed by atoms with E-state index in [9.17, 15) is 4.79 Å². The van der Waals surface area contributed by atoms with Gasteiger partial charge < -0.3 is 4.90 Å². The monoisotopic (exact) mass is 325 g/mol. The summed E-state index contributed by atoms with van der Waals surface area (Å²) >= 11 is 0. The normalized spacial score (nSPS) is 21.0. The van der Waals surface area contributed by atoms with E-state index in [4.69, 9.17) is 0 Å². The minimum Gasteiger partial charge on any atom is -0.337 e. The van der Waals surface area contributed by atoms with Gasteiger partial charge in [-0.1, -0.05) is 24.3 Å². The van der Waals surface area contributed by atoms with Crippen molar-refractivity contribution in [2.24, 2.45) is 0 Å². The number of likely N-dealkylation sites (tertiary alicyclic amines) is 1. The van der Waals surface area contributed by atoms with Gasteiger partial charge in [-0.05, 0) is 36.9 Å². The molecule has 2 aromatic rings. The fraction of sp³-hybridized carbons (Fsp3) is 0.500. The highest BCUT2D eigenvalue weighted by atomic mass is 16.2. The van der Waals surface area contributed by atoms with Crippen LogP contribution in [0, 0.1) is 0 Å². The van der Waals surface area contributed by atoms with E-state index in [1.807, 2.05) is 9.58 Å². The molecule has 1 aromatic carbocycles. The van der Waals surface area contributed by atoms with Gasteiger partial charge in [-0.2, -0.15) is 5.10 Å². The Bertz CT molecular complexity index is 699. The number of aromatic nitrogens is 3. The molecule has 6 heteroatoms. The van der Waals surface area contributed by atoms with E-state index >= 15 is 0 Å². The van der Waals surface area contributed by atoms with Crippen LogP contribution in [0.1, 0.15) is 24.0 Å². The van der Waals surface area contributed by atoms with Crippen molar-refractivity contribution < 1.29 is 4.79 Å². The zero-order valence-corrected chi connectivity index (χ0v) is 13.8. The van der Waals surface area contributed by atoms with Gasteiger partial charge in [-0.3, -0.25) is 14.4 Å². The van der Waals surface area contributed by atoms with E-state index in [1.54, 1.807) is 12.7 Å². The first-order valence-corrected chi connectivity index (χ1v) is 8.70. The smallest absolute Gasteiger partial charge is 0.237 e. The van der Waals surface area contributed by atoms with Crippen LogP contribution < -0.4 is 0 Å². The Morgan fingerprint density at radius 3 is 2.92 bits per heavy atom. The maximum atomic E-state index is 12.8. The molecule has 6 nitrogen and oxygen atoms in total. The molecule has 0 unspecified atom stereocenters. The van der Waals surface area contributed by atoms with Crippen LogP contribution in [0.15, 0.2) is 36.9 Å². The number of hydrogen-bond donors (Lipinski definition) is 0. The lowest BCUT2D eigenvalue weighted by atomic mass is 10.00. The fourth-order valence-corrected chi connectivity index (χ4v) is 3.84. The molecule has 24 heavy (non-hydrogen) atoms. The van der Waals surface area contributed by atoms with Crippen LogP contribution in [0.5, 0.6) is 0 Å². The highest BCUT2D eigenvalue weighted by molar-refractivity contribution is 5.78. The quantitative estimate of drug-likeness (QED) is 0.851. The molecule has 0 radical (unpaired) electrons. The van der Waals surface area contributed by atoms with Crippen LogP contribution in [0.2, 0.25) is 0 Å². The van der Waals surface area contributed by atoms with E-state index in [0.717, 1.165) is 45.4 Å². The molecular weight excluding hydrogens is 302 g/mol. The maximum absolute atomic E-state index is 12.8. The van der Waals surface area contributed by atoms with Crippen molar-refractivity contribution in [1.82, 2.24) is 24.6 Å². The maximum Gasteiger partial charge on any atom is 0.237 e. The van der Waals surface area contributed by atoms with E-state index in [-0.39, 0.29) is 5.91 Å². The summed E-state index contributed by atoms with van der Waals surface area (Å²) in [6.07, 6.45) is 6.55. The van der Waals surface area contributed by atoms with Crippen LogP contribution >= 0.6 is 0 Å². The number of fused-ring (bicyclic) bond motifs is 1. The molecule has 1 saturated heterocycles. The molecule has 1 aromatic heterocycles. The van der Waals surface area contributed by atoms with Crippen molar-refractivity contribution in [2.75, 3.05) is 19.6 Å². The van der Waals surface area contributed by atoms with Crippen LogP contribution in [-0.4, -0.2) is 56.1 Å². The molecule has 1 fully saturated rings. The first-order valence-electron chi connectivity index (χ1n) is 8.70. The Morgan fingerprint density at radius 1 is 1.21 bits per heavy atom. The molecule has 4 rings (SSSR count). The minimum atomic E-state index is 0.245. The number of carbonyl (C=O) groups excluding carboxylic acids is 1. The summed E-state index contributed by atoms with van der Waals surface area (Å²) in [5.41, 5.74) is 2.67. The molecule has 1 atom stereocenters. The number of nitrogens with zero attached hydrogens (tertiary/aromatic N) is 5. The molecule has 2 aliphatic rings. The largest absolute Gasteiger partial charge is 0.337 e. The highest BCUT2D eigenvalue weighted by Crippen LogP contribution is 2.21. The van der Waals surface area contributed by atoms with Crippen LogP contribution in [0.25, 0.3) is 0 Å². The molecule has 2 aliphatic heterocycles. The summed E-state index contributed by atoms with van der Waals surface area (Å²) < 4.78 is 1.87. The molecule has 0 N–H and O–H groups in total. The summed E-state index contributed by atoms with van der Waals surface area (Å²) in [7, 11) is 0. The average Bonchev–Trinajstić information content (AvgIpc) is 3.27. The summed E-state index contributed by atoms with van der Waals surface area (Å²) in [4.78, 5) is 21.1. The molecule has 3 heterocycles. The first kappa shape index (κ1) is 15.3. The van der Waals surface area contributed by atoms with Crippen molar-refractivity contribution >= 4 is 5.91 Å². The van der Waals surface area contributed by atoms with E-state index < -0.39 is 0 Å². The van der Waals surface area contributed by atoms with Gasteiger partial charge in [-0.25, -0.2) is 4.98 Å². The van der Waals surface area contributed by atoms with Gasteiger partial charge in [0.05, 0.1) is 13.1 Å². The topological polar surface area (TPSA) is 54.3 Å². The molecule has 0 bridgehead atoms. The van der Waals surface area contributed by atoms with Crippen molar-refractivity contribution in [1.29, 1.82) is 0 Å². The third-order valence-corrected chi connectivity index (χ3v) is 5.19. The number of benzene rings is 1. The Hall–Kier alpha value is -2.21. The molecule has 0 aliphatic carbocycles. The van der Waals surface area contributed by atoms with Gasteiger partial charge in [0.2, 0.25) is 5.91 Å². The van der Waals surface area contributed by atoms with Gasteiger partial charge >= 0.3 is 0 Å². The van der Waals surface area contributed by atoms with E-state index in [2.05, 4.69) is 39.2 Å². The fourth-order valence-electron chi connectivity index (χ4n) is 3.84. The van der Waals surface area contributed by atoms with Crippen molar-refractivity contribution in [2.45, 2.75) is 38.4 Å². The Labute approximate surface area is 142 Å². The molecular formula is C18H23N5O. The molecule has 1 amide bonds. The zero-order chi connectivity index (χ0) is 16.4. The number of amides is 1. The van der Waals surface area contributed by atoms with Gasteiger partial charge in [0.25, 0.3) is 0 Å². The van der Waals surface area contributed by atoms with Crippen LogP contribution in [-0.2, 0) is 24.3 Å². The average molecular weight is 325 g/mol. The third-order valence-electron chi connectivity index (χ3n) is 5.19. The zero-order valence-electron chi connectivity index (χ0n) is 13.8. The predicted octanol–water partition coefficient (Wildman–Crippen LogP) is 1.33. The summed E-state index contributed by atoms with van der Waals surface area (Å²) in [5.74, 6) is 0.245. The summed E-state index contributed by atoms with van der Waals surface area (Å²) in [5, 5.41) is 4.19. The van der Waals surface area contributed by atoms with Crippen molar-refractivity contribution in [3.63, 3.8) is 0 Å². The minimum absolute atomic E-state index is 0.245. The lowest BCUT2D eigenvalue weighted by molar-refractivity contribution is -0.133. The molecule has 126 valence electrons. The Morgan fingerprint density at radius 2 is 2.08 bits per heavy atom. The van der Waals surface area contributed by atoms with Gasteiger partial charge in [0.15, 0.2) is 0 Å². The number of rotatable bonds is 4. The van der Waals surface area contributed by atoms with Crippen LogP contribution in [0.4, 0.5) is 0 Å². The SMILES string of the molecule is O=C(CN1CCC[C@@H]1Cn1cncn1)N1CCc2ccccc2C1. The standard InChI is InChI=1S/C18H23N5O/c24-18(22-9-7-15-4-1-2-5-16(15)10-22)12-21-8-3-6-17(21)11-23-14-19-13-20-23/h1-2,4-5,13-14,17H,3,6-12H2/t17-/m1/s1. The van der Waals surface area contributed by atoms with Crippen molar-refractivity contribution in [3.8, 4) is 0 Å². The second-order valence-electron chi connectivity index (χ2n) is 6.72. The van der Waals surface area contributed by atoms with Gasteiger partial charge in [0.1, 0.15) is 12.7 Å². The predicted molar refractivity (Wildman–Crippen MR) is 90.2 cm³/mol. The van der Waals surface area contributed by atoms with E-state index in [0.29, 0.717) is 12.6 Å².